The second kappa shape index (κ2) is 3.21. The van der Waals surface area contributed by atoms with E-state index >= 15 is 0 Å². The minimum absolute atomic E-state index is 0. The van der Waals surface area contributed by atoms with Crippen LogP contribution >= 0.6 is 0 Å². The van der Waals surface area contributed by atoms with Crippen LogP contribution in [0.2, 0.25) is 0 Å². The van der Waals surface area contributed by atoms with Crippen molar-refractivity contribution < 1.29 is 57.2 Å². The first-order valence-corrected chi connectivity index (χ1v) is 2.01. The van der Waals surface area contributed by atoms with E-state index in [0.717, 1.165) is 0 Å². The van der Waals surface area contributed by atoms with E-state index in [1.165, 1.54) is 0 Å². The van der Waals surface area contributed by atoms with Gasteiger partial charge in [0.1, 0.15) is 0 Å². The molecule has 0 rings (SSSR count). The van der Waals surface area contributed by atoms with Gasteiger partial charge in [-0.25, -0.2) is 0 Å². The maximum absolute atomic E-state index is 10.2. The zero-order valence-electron chi connectivity index (χ0n) is 2.50. The van der Waals surface area contributed by atoms with Crippen LogP contribution in [0.5, 0.6) is 0 Å². The van der Waals surface area contributed by atoms with Crippen LogP contribution in [-0.2, 0) is 10.5 Å². The molecule has 0 atom stereocenters. The van der Waals surface area contributed by atoms with Crippen molar-refractivity contribution in [2.45, 2.75) is 0 Å². The van der Waals surface area contributed by atoms with Crippen molar-refractivity contribution in [3.05, 3.63) is 0 Å². The van der Waals surface area contributed by atoms with Crippen molar-refractivity contribution in [3.8, 4) is 0 Å². The summed E-state index contributed by atoms with van der Waals surface area (Å²) < 4.78 is 34.1. The smallest absolute Gasteiger partial charge is 0.260 e. The van der Waals surface area contributed by atoms with Crippen molar-refractivity contribution >= 4 is 10.5 Å². The topological polar surface area (TPSA) is 54.4 Å². The molecule has 0 fully saturated rings. The minimum atomic E-state index is -5.17. The van der Waals surface area contributed by atoms with Gasteiger partial charge in [0.15, 0.2) is 0 Å². The number of hydrogen-bond donors (Lipinski definition) is 1. The monoisotopic (exact) mass is 245 g/mol. The molecule has 0 saturated carbocycles. The molecule has 0 bridgehead atoms. The molecule has 0 aromatic heterocycles. The summed E-state index contributed by atoms with van der Waals surface area (Å²) in [4.78, 5) is 0. The molecule has 0 aromatic carbocycles. The Bertz CT molecular complexity index is 94.0. The van der Waals surface area contributed by atoms with Crippen LogP contribution in [0.25, 0.3) is 0 Å². The summed E-state index contributed by atoms with van der Waals surface area (Å²) >= 11 is 0. The van der Waals surface area contributed by atoms with Gasteiger partial charge in [0.2, 0.25) is 0 Å². The van der Waals surface area contributed by atoms with Gasteiger partial charge in [-0.2, -0.15) is 8.42 Å². The van der Waals surface area contributed by atoms with E-state index in [0.29, 0.717) is 0 Å². The molecule has 0 aliphatic rings. The fraction of sp³-hybridized carbons (Fsp3) is 0. The Hall–Kier alpha value is 1.18. The number of hydrogen-bond acceptors (Lipinski definition) is 2. The average Bonchev–Trinajstić information content (AvgIpc) is 0.722. The third kappa shape index (κ3) is 65.2. The van der Waals surface area contributed by atoms with E-state index in [-0.39, 0.29) is 40.4 Å². The molecule has 37 valence electrons. The van der Waals surface area contributed by atoms with Crippen LogP contribution in [-0.4, -0.2) is 13.0 Å². The van der Waals surface area contributed by atoms with Crippen LogP contribution in [0.15, 0.2) is 0 Å². The third-order valence-corrected chi connectivity index (χ3v) is 0. The summed E-state index contributed by atoms with van der Waals surface area (Å²) in [6.45, 7) is 0. The molecule has 3 nitrogen and oxygen atoms in total. The molecule has 0 saturated heterocycles. The Balaban J connectivity index is 0. The first-order chi connectivity index (χ1) is 2.00. The van der Waals surface area contributed by atoms with Gasteiger partial charge in [-0.15, -0.1) is 0 Å². The quantitative estimate of drug-likeness (QED) is 0.473. The molecular weight excluding hydrogens is 244 g/mol. The Labute approximate surface area is 67.1 Å². The molecule has 0 aliphatic carbocycles. The molecule has 0 unspecified atom stereocenters. The second-order valence-corrected chi connectivity index (χ2v) is 1.24. The molecule has 6 heavy (non-hydrogen) atoms. The molecule has 0 heterocycles. The first-order valence-electron chi connectivity index (χ1n) is 0.670. The SMILES string of the molecule is O=S(=O)(O)F.[Pm]. The zero-order valence-corrected chi connectivity index (χ0v) is 6.18. The van der Waals surface area contributed by atoms with Crippen molar-refractivity contribution in [1.29, 1.82) is 0 Å². The number of rotatable bonds is 0. The minimum Gasteiger partial charge on any atom is -0.260 e. The molecule has 0 aliphatic heterocycles. The predicted molar refractivity (Wildman–Crippen MR) is 12.7 cm³/mol. The molecule has 6 heteroatoms. The Morgan fingerprint density at radius 1 is 1.50 bits per heavy atom. The van der Waals surface area contributed by atoms with E-state index in [4.69, 9.17) is 13.0 Å². The van der Waals surface area contributed by atoms with Crippen molar-refractivity contribution in [2.75, 3.05) is 0 Å². The molecule has 0 aromatic rings. The maximum Gasteiger partial charge on any atom is 0.435 e. The van der Waals surface area contributed by atoms with Gasteiger partial charge < -0.3 is 0 Å². The van der Waals surface area contributed by atoms with Gasteiger partial charge >= 0.3 is 10.5 Å². The standard InChI is InChI=1S/FHO3S.Pm/c1-5(2,3)4;/h(H,2,3,4);. The fourth-order valence-corrected chi connectivity index (χ4v) is 0. The van der Waals surface area contributed by atoms with Crippen molar-refractivity contribution in [1.82, 2.24) is 0 Å². The van der Waals surface area contributed by atoms with Crippen molar-refractivity contribution in [2.24, 2.45) is 0 Å². The van der Waals surface area contributed by atoms with Gasteiger partial charge in [-0.05, 0) is 0 Å². The molecule has 1 radical (unpaired) electrons. The summed E-state index contributed by atoms with van der Waals surface area (Å²) in [5, 5.41) is 0. The van der Waals surface area contributed by atoms with E-state index in [1.54, 1.807) is 0 Å². The molecular formula is HFO3PmS. The predicted octanol–water partition coefficient (Wildman–Crippen LogP) is -0.241. The van der Waals surface area contributed by atoms with E-state index in [1.807, 2.05) is 0 Å². The molecule has 0 spiro atoms. The van der Waals surface area contributed by atoms with E-state index in [2.05, 4.69) is 0 Å². The Morgan fingerprint density at radius 2 is 1.50 bits per heavy atom. The van der Waals surface area contributed by atoms with Gasteiger partial charge in [-0.1, -0.05) is 3.89 Å². The average molecular weight is 245 g/mol. The summed E-state index contributed by atoms with van der Waals surface area (Å²) in [5.74, 6) is 0. The van der Waals surface area contributed by atoms with Crippen LogP contribution in [0, 0.1) is 40.4 Å². The van der Waals surface area contributed by atoms with Crippen molar-refractivity contribution in [3.63, 3.8) is 0 Å². The van der Waals surface area contributed by atoms with E-state index < -0.39 is 10.5 Å². The Morgan fingerprint density at radius 3 is 1.50 bits per heavy atom. The largest absolute Gasteiger partial charge is 0.435 e. The second-order valence-electron chi connectivity index (χ2n) is 0.412. The maximum atomic E-state index is 10.2. The zero-order chi connectivity index (χ0) is 4.50. The van der Waals surface area contributed by atoms with Crippen LogP contribution in [0.4, 0.5) is 3.89 Å². The van der Waals surface area contributed by atoms with Crippen LogP contribution in [0.1, 0.15) is 0 Å². The van der Waals surface area contributed by atoms with Crippen LogP contribution in [0.3, 0.4) is 0 Å². The summed E-state index contributed by atoms with van der Waals surface area (Å²) in [6.07, 6.45) is 0. The number of halogens is 1. The third-order valence-electron chi connectivity index (χ3n) is 0. The summed E-state index contributed by atoms with van der Waals surface area (Å²) in [7, 11) is -5.17. The van der Waals surface area contributed by atoms with Gasteiger partial charge in [0, 0.05) is 40.4 Å². The first kappa shape index (κ1) is 10.2. The van der Waals surface area contributed by atoms with E-state index in [9.17, 15) is 3.89 Å². The van der Waals surface area contributed by atoms with Gasteiger partial charge in [0.25, 0.3) is 0 Å². The van der Waals surface area contributed by atoms with Gasteiger partial charge in [-0.3, -0.25) is 4.55 Å². The van der Waals surface area contributed by atoms with Gasteiger partial charge in [0.05, 0.1) is 0 Å². The Kier molecular flexibility index (Phi) is 5.47. The summed E-state index contributed by atoms with van der Waals surface area (Å²) in [6, 6.07) is 0. The molecule has 0 amide bonds. The molecule has 1 N–H and O–H groups in total. The fourth-order valence-electron chi connectivity index (χ4n) is 0. The summed E-state index contributed by atoms with van der Waals surface area (Å²) in [5.41, 5.74) is 0. The normalized spacial score (nSPS) is 9.67. The van der Waals surface area contributed by atoms with Crippen LogP contribution < -0.4 is 0 Å².